The van der Waals surface area contributed by atoms with Gasteiger partial charge in [-0.05, 0) is 55.3 Å². The number of ether oxygens (including phenoxy) is 3. The van der Waals surface area contributed by atoms with Crippen LogP contribution in [-0.2, 0) is 9.47 Å². The number of benzene rings is 2. The molecule has 3 heterocycles. The summed E-state index contributed by atoms with van der Waals surface area (Å²) in [7, 11) is 1.64. The highest BCUT2D eigenvalue weighted by Gasteiger charge is 2.29. The Hall–Kier alpha value is -2.84. The van der Waals surface area contributed by atoms with E-state index in [1.54, 1.807) is 19.6 Å². The number of halogens is 1. The molecule has 2 atom stereocenters. The number of rotatable bonds is 8. The molecule has 7 nitrogen and oxygen atoms in total. The predicted octanol–water partition coefficient (Wildman–Crippen LogP) is 4.57. The molecule has 3 aromatic rings. The largest absolute Gasteiger partial charge is 0.494 e. The molecule has 1 aromatic heterocycles. The van der Waals surface area contributed by atoms with E-state index in [0.29, 0.717) is 23.4 Å². The second-order valence-electron chi connectivity index (χ2n) is 8.92. The van der Waals surface area contributed by atoms with Crippen LogP contribution in [-0.4, -0.2) is 54.6 Å². The molecule has 0 radical (unpaired) electrons. The number of nitrogens with one attached hydrogen (secondary N) is 1. The standard InChI is InChI=1S/C27H30ClN3O4/c1-33-24-8-4-6-20-19(9-12-29-26(20)24)23(32)15-31-13-10-18(11-14-31)30-27(25-16-34-17-35-25)21-5-2-3-7-22(21)28/h2-9,12,16,18,23,27,30,32H,10-11,13-15,17H2,1H3/t23-,27?/m0/s1. The number of nitrogens with zero attached hydrogens (tertiary/aromatic N) is 2. The Balaban J connectivity index is 1.23. The van der Waals surface area contributed by atoms with Gasteiger partial charge < -0.3 is 29.5 Å². The third-order valence-corrected chi connectivity index (χ3v) is 7.11. The second-order valence-corrected chi connectivity index (χ2v) is 9.32. The number of hydrogen-bond acceptors (Lipinski definition) is 7. The van der Waals surface area contributed by atoms with Gasteiger partial charge in [0, 0.05) is 29.2 Å². The fourth-order valence-electron chi connectivity index (χ4n) is 4.92. The minimum Gasteiger partial charge on any atom is -0.494 e. The molecule has 1 unspecified atom stereocenters. The van der Waals surface area contributed by atoms with Gasteiger partial charge in [-0.1, -0.05) is 41.9 Å². The molecule has 35 heavy (non-hydrogen) atoms. The summed E-state index contributed by atoms with van der Waals surface area (Å²) in [5.74, 6) is 1.46. The molecule has 0 aliphatic carbocycles. The zero-order chi connectivity index (χ0) is 24.2. The van der Waals surface area contributed by atoms with Crippen LogP contribution in [0.4, 0.5) is 0 Å². The maximum absolute atomic E-state index is 11.1. The van der Waals surface area contributed by atoms with Crippen molar-refractivity contribution in [3.05, 3.63) is 82.9 Å². The van der Waals surface area contributed by atoms with Crippen molar-refractivity contribution in [2.45, 2.75) is 31.0 Å². The van der Waals surface area contributed by atoms with Crippen molar-refractivity contribution in [3.8, 4) is 5.75 Å². The van der Waals surface area contributed by atoms with Gasteiger partial charge in [-0.3, -0.25) is 4.98 Å². The molecule has 2 aliphatic heterocycles. The van der Waals surface area contributed by atoms with Crippen LogP contribution in [0, 0.1) is 0 Å². The summed E-state index contributed by atoms with van der Waals surface area (Å²) in [5, 5.41) is 16.4. The number of likely N-dealkylation sites (tertiary alicyclic amines) is 1. The third-order valence-electron chi connectivity index (χ3n) is 6.76. The lowest BCUT2D eigenvalue weighted by atomic mass is 9.98. The van der Waals surface area contributed by atoms with Crippen molar-refractivity contribution in [3.63, 3.8) is 0 Å². The number of fused-ring (bicyclic) bond motifs is 1. The van der Waals surface area contributed by atoms with Crippen LogP contribution < -0.4 is 10.1 Å². The molecule has 0 bridgehead atoms. The van der Waals surface area contributed by atoms with Crippen LogP contribution in [0.2, 0.25) is 5.02 Å². The van der Waals surface area contributed by atoms with Gasteiger partial charge in [0.25, 0.3) is 0 Å². The predicted molar refractivity (Wildman–Crippen MR) is 135 cm³/mol. The van der Waals surface area contributed by atoms with E-state index in [4.69, 9.17) is 25.8 Å². The SMILES string of the molecule is COc1cccc2c([C@@H](O)CN3CCC(NC(C4=COCO4)c4ccccc4Cl)CC3)ccnc12. The monoisotopic (exact) mass is 495 g/mol. The second kappa shape index (κ2) is 10.8. The number of piperidine rings is 1. The van der Waals surface area contributed by atoms with Gasteiger partial charge in [-0.25, -0.2) is 0 Å². The van der Waals surface area contributed by atoms with E-state index in [2.05, 4.69) is 15.2 Å². The van der Waals surface area contributed by atoms with E-state index in [0.717, 1.165) is 53.7 Å². The van der Waals surface area contributed by atoms with Gasteiger partial charge in [0.05, 0.1) is 19.3 Å². The number of methoxy groups -OCH3 is 1. The molecule has 184 valence electrons. The lowest BCUT2D eigenvalue weighted by Crippen LogP contribution is -2.45. The zero-order valence-corrected chi connectivity index (χ0v) is 20.4. The Morgan fingerprint density at radius 2 is 1.97 bits per heavy atom. The van der Waals surface area contributed by atoms with Crippen LogP contribution in [0.5, 0.6) is 5.75 Å². The first-order valence-electron chi connectivity index (χ1n) is 11.9. The Bertz CT molecular complexity index is 1200. The van der Waals surface area contributed by atoms with Crippen LogP contribution in [0.1, 0.15) is 36.1 Å². The Labute approximate surface area is 210 Å². The summed E-state index contributed by atoms with van der Waals surface area (Å²) >= 11 is 6.50. The molecular weight excluding hydrogens is 466 g/mol. The van der Waals surface area contributed by atoms with Crippen LogP contribution in [0.15, 0.2) is 66.7 Å². The molecule has 0 saturated carbocycles. The van der Waals surface area contributed by atoms with Crippen LogP contribution >= 0.6 is 11.6 Å². The van der Waals surface area contributed by atoms with Crippen molar-refractivity contribution in [2.24, 2.45) is 0 Å². The number of β-amino-alcohol motifs (C(OH)–C–C–N with tert-alkyl or cyclic N) is 1. The molecule has 0 spiro atoms. The molecule has 2 N–H and O–H groups in total. The molecule has 2 aliphatic rings. The first kappa shape index (κ1) is 23.9. The average molecular weight is 496 g/mol. The van der Waals surface area contributed by atoms with Crippen molar-refractivity contribution >= 4 is 22.5 Å². The molecule has 8 heteroatoms. The van der Waals surface area contributed by atoms with E-state index in [1.807, 2.05) is 48.5 Å². The summed E-state index contributed by atoms with van der Waals surface area (Å²) in [6.45, 7) is 2.56. The maximum atomic E-state index is 11.1. The minimum atomic E-state index is -0.609. The number of aliphatic hydroxyl groups excluding tert-OH is 1. The van der Waals surface area contributed by atoms with Crippen molar-refractivity contribution in [2.75, 3.05) is 33.5 Å². The Kier molecular flexibility index (Phi) is 7.39. The smallest absolute Gasteiger partial charge is 0.229 e. The quantitative estimate of drug-likeness (QED) is 0.474. The highest BCUT2D eigenvalue weighted by molar-refractivity contribution is 6.31. The fraction of sp³-hybridized carbons (Fsp3) is 0.370. The van der Waals surface area contributed by atoms with Gasteiger partial charge in [0.1, 0.15) is 17.5 Å². The Morgan fingerprint density at radius 1 is 1.14 bits per heavy atom. The molecule has 0 amide bonds. The lowest BCUT2D eigenvalue weighted by molar-refractivity contribution is 0.0696. The number of pyridine rings is 1. The number of para-hydroxylation sites is 1. The van der Waals surface area contributed by atoms with E-state index in [9.17, 15) is 5.11 Å². The van der Waals surface area contributed by atoms with E-state index < -0.39 is 6.10 Å². The zero-order valence-electron chi connectivity index (χ0n) is 19.7. The summed E-state index contributed by atoms with van der Waals surface area (Å²) in [4.78, 5) is 6.77. The normalized spacial score (nSPS) is 18.5. The first-order chi connectivity index (χ1) is 17.1. The maximum Gasteiger partial charge on any atom is 0.229 e. The van der Waals surface area contributed by atoms with Crippen molar-refractivity contribution in [1.29, 1.82) is 0 Å². The number of aliphatic hydroxyl groups is 1. The topological polar surface area (TPSA) is 76.1 Å². The molecule has 1 fully saturated rings. The summed E-state index contributed by atoms with van der Waals surface area (Å²) in [6, 6.07) is 15.6. The molecular formula is C27H30ClN3O4. The van der Waals surface area contributed by atoms with E-state index in [-0.39, 0.29) is 12.8 Å². The summed E-state index contributed by atoms with van der Waals surface area (Å²) in [6.07, 6.45) is 4.69. The highest BCUT2D eigenvalue weighted by atomic mass is 35.5. The third kappa shape index (κ3) is 5.23. The van der Waals surface area contributed by atoms with Gasteiger partial charge in [-0.15, -0.1) is 0 Å². The van der Waals surface area contributed by atoms with Crippen molar-refractivity contribution in [1.82, 2.24) is 15.2 Å². The molecule has 2 aromatic carbocycles. The Morgan fingerprint density at radius 3 is 2.71 bits per heavy atom. The summed E-state index contributed by atoms with van der Waals surface area (Å²) in [5.41, 5.74) is 2.62. The van der Waals surface area contributed by atoms with Gasteiger partial charge in [-0.2, -0.15) is 0 Å². The fourth-order valence-corrected chi connectivity index (χ4v) is 5.17. The van der Waals surface area contributed by atoms with Gasteiger partial charge in [0.15, 0.2) is 5.76 Å². The minimum absolute atomic E-state index is 0.161. The van der Waals surface area contributed by atoms with Gasteiger partial charge >= 0.3 is 0 Å². The number of aromatic nitrogens is 1. The number of hydrogen-bond donors (Lipinski definition) is 2. The molecule has 1 saturated heterocycles. The first-order valence-corrected chi connectivity index (χ1v) is 12.3. The highest BCUT2D eigenvalue weighted by Crippen LogP contribution is 2.33. The summed E-state index contributed by atoms with van der Waals surface area (Å²) < 4.78 is 16.5. The van der Waals surface area contributed by atoms with Crippen LogP contribution in [0.3, 0.4) is 0 Å². The average Bonchev–Trinajstić information content (AvgIpc) is 3.43. The molecule has 5 rings (SSSR count). The van der Waals surface area contributed by atoms with Gasteiger partial charge in [0.2, 0.25) is 6.79 Å². The van der Waals surface area contributed by atoms with E-state index in [1.165, 1.54) is 0 Å². The van der Waals surface area contributed by atoms with Crippen LogP contribution in [0.25, 0.3) is 10.9 Å². The van der Waals surface area contributed by atoms with E-state index >= 15 is 0 Å². The van der Waals surface area contributed by atoms with Crippen molar-refractivity contribution < 1.29 is 19.3 Å². The lowest BCUT2D eigenvalue weighted by Gasteiger charge is -2.35.